The van der Waals surface area contributed by atoms with Crippen LogP contribution in [0.3, 0.4) is 0 Å². The van der Waals surface area contributed by atoms with Crippen LogP contribution in [0.25, 0.3) is 0 Å². The van der Waals surface area contributed by atoms with Crippen molar-refractivity contribution >= 4 is 11.3 Å². The summed E-state index contributed by atoms with van der Waals surface area (Å²) in [6.45, 7) is 4.96. The number of hydrogen-bond acceptors (Lipinski definition) is 3. The highest BCUT2D eigenvalue weighted by Crippen LogP contribution is 2.55. The normalized spacial score (nSPS) is 27.3. The molecular weight excluding hydrogens is 206 g/mol. The molecule has 2 nitrogen and oxygen atoms in total. The van der Waals surface area contributed by atoms with E-state index in [0.29, 0.717) is 17.9 Å². The Bertz CT molecular complexity index is 320. The number of aliphatic hydroxyl groups is 1. The van der Waals surface area contributed by atoms with Gasteiger partial charge in [-0.25, -0.2) is 0 Å². The number of nitrogens with two attached hydrogens (primary N) is 1. The van der Waals surface area contributed by atoms with E-state index < -0.39 is 0 Å². The van der Waals surface area contributed by atoms with Crippen LogP contribution in [0.4, 0.5) is 0 Å². The van der Waals surface area contributed by atoms with Crippen LogP contribution in [0.1, 0.15) is 31.1 Å². The van der Waals surface area contributed by atoms with Crippen LogP contribution in [-0.4, -0.2) is 17.8 Å². The highest BCUT2D eigenvalue weighted by molar-refractivity contribution is 7.10. The van der Waals surface area contributed by atoms with Crippen molar-refractivity contribution in [3.05, 3.63) is 22.4 Å². The maximum atomic E-state index is 10.3. The predicted molar refractivity (Wildman–Crippen MR) is 64.0 cm³/mol. The van der Waals surface area contributed by atoms with E-state index in [0.717, 1.165) is 6.42 Å². The minimum atomic E-state index is -0.274. The van der Waals surface area contributed by atoms with Gasteiger partial charge in [0.05, 0.1) is 6.10 Å². The molecule has 0 spiro atoms. The zero-order valence-corrected chi connectivity index (χ0v) is 10.1. The van der Waals surface area contributed by atoms with Gasteiger partial charge in [-0.05, 0) is 29.2 Å². The van der Waals surface area contributed by atoms with Gasteiger partial charge in [0.15, 0.2) is 0 Å². The summed E-state index contributed by atoms with van der Waals surface area (Å²) in [6, 6.07) is 4.09. The van der Waals surface area contributed by atoms with Crippen LogP contribution >= 0.6 is 11.3 Å². The summed E-state index contributed by atoms with van der Waals surface area (Å²) in [5, 5.41) is 12.3. The topological polar surface area (TPSA) is 46.2 Å². The molecular formula is C12H19NOS. The second-order valence-electron chi connectivity index (χ2n) is 5.15. The minimum Gasteiger partial charge on any atom is -0.392 e. The Morgan fingerprint density at radius 2 is 2.33 bits per heavy atom. The second-order valence-corrected chi connectivity index (χ2v) is 6.13. The number of aliphatic hydroxyl groups excluding tert-OH is 1. The Kier molecular flexibility index (Phi) is 2.88. The maximum absolute atomic E-state index is 10.3. The van der Waals surface area contributed by atoms with Gasteiger partial charge in [0.2, 0.25) is 0 Å². The van der Waals surface area contributed by atoms with E-state index in [-0.39, 0.29) is 12.0 Å². The summed E-state index contributed by atoms with van der Waals surface area (Å²) in [7, 11) is 0. The first-order chi connectivity index (χ1) is 7.06. The van der Waals surface area contributed by atoms with Gasteiger partial charge in [0.1, 0.15) is 0 Å². The van der Waals surface area contributed by atoms with E-state index in [9.17, 15) is 5.11 Å². The van der Waals surface area contributed by atoms with E-state index in [1.54, 1.807) is 11.3 Å². The summed E-state index contributed by atoms with van der Waals surface area (Å²) in [5.41, 5.74) is 6.08. The van der Waals surface area contributed by atoms with Gasteiger partial charge in [0, 0.05) is 17.3 Å². The van der Waals surface area contributed by atoms with Crippen molar-refractivity contribution in [2.75, 3.05) is 6.54 Å². The fourth-order valence-corrected chi connectivity index (χ4v) is 3.18. The molecule has 1 aromatic rings. The SMILES string of the molecule is CC1(C)CC1C(O)C(CN)c1cccs1. The number of rotatable bonds is 4. The van der Waals surface area contributed by atoms with Crippen molar-refractivity contribution in [1.82, 2.24) is 0 Å². The molecule has 3 unspecified atom stereocenters. The van der Waals surface area contributed by atoms with Crippen molar-refractivity contribution in [1.29, 1.82) is 0 Å². The van der Waals surface area contributed by atoms with Crippen molar-refractivity contribution in [2.45, 2.75) is 32.3 Å². The Morgan fingerprint density at radius 3 is 2.73 bits per heavy atom. The molecule has 1 aromatic heterocycles. The Balaban J connectivity index is 2.08. The molecule has 1 heterocycles. The Morgan fingerprint density at radius 1 is 1.67 bits per heavy atom. The van der Waals surface area contributed by atoms with Gasteiger partial charge in [-0.1, -0.05) is 19.9 Å². The van der Waals surface area contributed by atoms with Crippen molar-refractivity contribution in [2.24, 2.45) is 17.1 Å². The van der Waals surface area contributed by atoms with Crippen molar-refractivity contribution < 1.29 is 5.11 Å². The monoisotopic (exact) mass is 225 g/mol. The van der Waals surface area contributed by atoms with Crippen molar-refractivity contribution in [3.8, 4) is 0 Å². The molecule has 1 aliphatic rings. The molecule has 1 saturated carbocycles. The number of thiophene rings is 1. The lowest BCUT2D eigenvalue weighted by Crippen LogP contribution is -2.28. The largest absolute Gasteiger partial charge is 0.392 e. The zero-order chi connectivity index (χ0) is 11.1. The molecule has 0 saturated heterocycles. The molecule has 2 rings (SSSR count). The van der Waals surface area contributed by atoms with Crippen molar-refractivity contribution in [3.63, 3.8) is 0 Å². The summed E-state index contributed by atoms with van der Waals surface area (Å²) < 4.78 is 0. The van der Waals surface area contributed by atoms with Crippen LogP contribution < -0.4 is 5.73 Å². The van der Waals surface area contributed by atoms with Gasteiger partial charge in [-0.3, -0.25) is 0 Å². The lowest BCUT2D eigenvalue weighted by atomic mass is 9.93. The third-order valence-electron chi connectivity index (χ3n) is 3.58. The molecule has 3 heteroatoms. The van der Waals surface area contributed by atoms with Gasteiger partial charge >= 0.3 is 0 Å². The third-order valence-corrected chi connectivity index (χ3v) is 4.58. The van der Waals surface area contributed by atoms with Crippen LogP contribution in [-0.2, 0) is 0 Å². The molecule has 1 aliphatic carbocycles. The first kappa shape index (κ1) is 11.1. The predicted octanol–water partition coefficient (Wildman–Crippen LogP) is 2.20. The Hall–Kier alpha value is -0.380. The highest BCUT2D eigenvalue weighted by atomic mass is 32.1. The third kappa shape index (κ3) is 2.10. The summed E-state index contributed by atoms with van der Waals surface area (Å²) >= 11 is 1.69. The van der Waals surface area contributed by atoms with Crippen LogP contribution in [0.2, 0.25) is 0 Å². The highest BCUT2D eigenvalue weighted by Gasteiger charge is 2.51. The Labute approximate surface area is 95.1 Å². The smallest absolute Gasteiger partial charge is 0.0662 e. The lowest BCUT2D eigenvalue weighted by Gasteiger charge is -2.21. The van der Waals surface area contributed by atoms with E-state index in [2.05, 4.69) is 19.9 Å². The molecule has 3 N–H and O–H groups in total. The number of hydrogen-bond donors (Lipinski definition) is 2. The van der Waals surface area contributed by atoms with Crippen LogP contribution in [0.15, 0.2) is 17.5 Å². The molecule has 0 aromatic carbocycles. The van der Waals surface area contributed by atoms with Crippen LogP contribution in [0.5, 0.6) is 0 Å². The minimum absolute atomic E-state index is 0.122. The summed E-state index contributed by atoms with van der Waals surface area (Å²) in [6.07, 6.45) is 0.847. The molecule has 84 valence electrons. The fourth-order valence-electron chi connectivity index (χ4n) is 2.30. The van der Waals surface area contributed by atoms with Gasteiger partial charge in [-0.2, -0.15) is 0 Å². The summed E-state index contributed by atoms with van der Waals surface area (Å²) in [4.78, 5) is 1.22. The molecule has 3 atom stereocenters. The van der Waals surface area contributed by atoms with E-state index in [1.165, 1.54) is 4.88 Å². The molecule has 0 radical (unpaired) electrons. The van der Waals surface area contributed by atoms with Gasteiger partial charge in [0.25, 0.3) is 0 Å². The van der Waals surface area contributed by atoms with Crippen LogP contribution in [0, 0.1) is 11.3 Å². The summed E-state index contributed by atoms with van der Waals surface area (Å²) in [5.74, 6) is 0.546. The van der Waals surface area contributed by atoms with E-state index in [4.69, 9.17) is 5.73 Å². The quantitative estimate of drug-likeness (QED) is 0.825. The lowest BCUT2D eigenvalue weighted by molar-refractivity contribution is 0.110. The molecule has 0 aliphatic heterocycles. The fraction of sp³-hybridized carbons (Fsp3) is 0.667. The maximum Gasteiger partial charge on any atom is 0.0662 e. The molecule has 0 amide bonds. The standard InChI is InChI=1S/C12H19NOS/c1-12(2)6-9(12)11(14)8(7-13)10-4-3-5-15-10/h3-5,8-9,11,14H,6-7,13H2,1-2H3. The first-order valence-corrected chi connectivity index (χ1v) is 6.36. The van der Waals surface area contributed by atoms with E-state index in [1.807, 2.05) is 11.4 Å². The van der Waals surface area contributed by atoms with Gasteiger partial charge in [-0.15, -0.1) is 11.3 Å². The molecule has 0 bridgehead atoms. The first-order valence-electron chi connectivity index (χ1n) is 5.48. The molecule has 15 heavy (non-hydrogen) atoms. The van der Waals surface area contributed by atoms with E-state index >= 15 is 0 Å². The van der Waals surface area contributed by atoms with Gasteiger partial charge < -0.3 is 10.8 Å². The average molecular weight is 225 g/mol. The second kappa shape index (κ2) is 3.89. The molecule has 1 fully saturated rings. The zero-order valence-electron chi connectivity index (χ0n) is 9.31. The average Bonchev–Trinajstić information content (AvgIpc) is 2.66.